The van der Waals surface area contributed by atoms with Crippen molar-refractivity contribution in [2.24, 2.45) is 0 Å². The highest BCUT2D eigenvalue weighted by Gasteiger charge is 2.40. The number of aromatic carboxylic acids is 1. The van der Waals surface area contributed by atoms with Gasteiger partial charge in [-0.1, -0.05) is 17.8 Å². The fourth-order valence-electron chi connectivity index (χ4n) is 2.64. The van der Waals surface area contributed by atoms with Crippen LogP contribution in [0.15, 0.2) is 22.9 Å². The number of β-lactam (4-membered cyclic amide) rings is 1. The van der Waals surface area contributed by atoms with Crippen LogP contribution in [0.1, 0.15) is 22.7 Å². The van der Waals surface area contributed by atoms with E-state index >= 15 is 0 Å². The summed E-state index contributed by atoms with van der Waals surface area (Å²) in [6.45, 7) is 1.82. The van der Waals surface area contributed by atoms with E-state index < -0.39 is 5.97 Å². The summed E-state index contributed by atoms with van der Waals surface area (Å²) in [5, 5.41) is 14.1. The molecule has 1 atom stereocenters. The molecule has 0 saturated carbocycles. The SMILES string of the molecule is Cc1cc(SCC2=CCSC3CC(=O)N23)n2nc(C(=O)O)nc2n1. The van der Waals surface area contributed by atoms with E-state index in [1.807, 2.05) is 17.9 Å². The van der Waals surface area contributed by atoms with Gasteiger partial charge in [0.05, 0.1) is 11.8 Å². The van der Waals surface area contributed by atoms with Crippen LogP contribution in [0.4, 0.5) is 0 Å². The number of carbonyl (C=O) groups is 2. The minimum Gasteiger partial charge on any atom is -0.475 e. The molecule has 1 unspecified atom stereocenters. The molecule has 4 rings (SSSR count). The summed E-state index contributed by atoms with van der Waals surface area (Å²) in [5.74, 6) is 0.479. The predicted octanol–water partition coefficient (Wildman–Crippen LogP) is 1.41. The van der Waals surface area contributed by atoms with Crippen molar-refractivity contribution in [1.82, 2.24) is 24.5 Å². The molecule has 0 aliphatic carbocycles. The average Bonchev–Trinajstić information content (AvgIpc) is 2.95. The van der Waals surface area contributed by atoms with Crippen molar-refractivity contribution < 1.29 is 14.7 Å². The molecule has 24 heavy (non-hydrogen) atoms. The number of fused-ring (bicyclic) bond motifs is 2. The van der Waals surface area contributed by atoms with Crippen LogP contribution in [-0.4, -0.2) is 58.3 Å². The number of hydrogen-bond donors (Lipinski definition) is 1. The van der Waals surface area contributed by atoms with Gasteiger partial charge in [0.25, 0.3) is 11.6 Å². The van der Waals surface area contributed by atoms with E-state index in [2.05, 4.69) is 21.1 Å². The van der Waals surface area contributed by atoms with Gasteiger partial charge in [-0.2, -0.15) is 9.50 Å². The van der Waals surface area contributed by atoms with Crippen molar-refractivity contribution in [3.63, 3.8) is 0 Å². The molecule has 1 fully saturated rings. The van der Waals surface area contributed by atoms with E-state index in [-0.39, 0.29) is 22.9 Å². The lowest BCUT2D eigenvalue weighted by Gasteiger charge is -2.43. The number of carbonyl (C=O) groups excluding carboxylic acids is 1. The lowest BCUT2D eigenvalue weighted by atomic mass is 10.1. The summed E-state index contributed by atoms with van der Waals surface area (Å²) < 4.78 is 1.44. The van der Waals surface area contributed by atoms with Crippen LogP contribution in [0, 0.1) is 6.92 Å². The summed E-state index contributed by atoms with van der Waals surface area (Å²) in [6, 6.07) is 1.84. The van der Waals surface area contributed by atoms with Gasteiger partial charge in [0.1, 0.15) is 5.03 Å². The van der Waals surface area contributed by atoms with Crippen molar-refractivity contribution >= 4 is 41.2 Å². The van der Waals surface area contributed by atoms with Gasteiger partial charge in [-0.05, 0) is 13.0 Å². The molecule has 0 bridgehead atoms. The molecule has 1 saturated heterocycles. The fraction of sp³-hybridized carbons (Fsp3) is 0.357. The molecule has 8 nitrogen and oxygen atoms in total. The van der Waals surface area contributed by atoms with Crippen LogP contribution in [-0.2, 0) is 4.79 Å². The summed E-state index contributed by atoms with van der Waals surface area (Å²) in [7, 11) is 0. The van der Waals surface area contributed by atoms with Gasteiger partial charge in [0.2, 0.25) is 5.91 Å². The standard InChI is InChI=1S/C14H13N5O3S2/c1-7-4-11(19-14(15-7)16-12(17-19)13(21)22)24-6-8-2-3-23-10-5-9(20)18(8)10/h2,4,10H,3,5-6H2,1H3,(H,21,22). The third kappa shape index (κ3) is 2.55. The van der Waals surface area contributed by atoms with E-state index in [4.69, 9.17) is 5.11 Å². The summed E-state index contributed by atoms with van der Waals surface area (Å²) >= 11 is 3.26. The Balaban J connectivity index is 1.61. The summed E-state index contributed by atoms with van der Waals surface area (Å²) in [5.41, 5.74) is 1.74. The lowest BCUT2D eigenvalue weighted by molar-refractivity contribution is -0.138. The first kappa shape index (κ1) is 15.5. The minimum absolute atomic E-state index is 0.157. The van der Waals surface area contributed by atoms with Crippen LogP contribution in [0.25, 0.3) is 5.78 Å². The third-order valence-corrected chi connectivity index (χ3v) is 5.94. The smallest absolute Gasteiger partial charge is 0.375 e. The number of aryl methyl sites for hydroxylation is 1. The molecule has 1 amide bonds. The number of thioether (sulfide) groups is 2. The third-order valence-electron chi connectivity index (χ3n) is 3.79. The Morgan fingerprint density at radius 3 is 3.08 bits per heavy atom. The number of carboxylic acid groups (broad SMARTS) is 1. The van der Waals surface area contributed by atoms with E-state index in [0.717, 1.165) is 22.2 Å². The first-order valence-corrected chi connectivity index (χ1v) is 9.29. The normalized spacial score (nSPS) is 19.9. The monoisotopic (exact) mass is 363 g/mol. The molecular weight excluding hydrogens is 350 g/mol. The second kappa shape index (κ2) is 5.78. The lowest BCUT2D eigenvalue weighted by Crippen LogP contribution is -2.51. The predicted molar refractivity (Wildman–Crippen MR) is 89.0 cm³/mol. The number of hydrogen-bond acceptors (Lipinski definition) is 7. The highest BCUT2D eigenvalue weighted by atomic mass is 32.2. The van der Waals surface area contributed by atoms with E-state index in [0.29, 0.717) is 12.2 Å². The number of carboxylic acids is 1. The van der Waals surface area contributed by atoms with Crippen LogP contribution < -0.4 is 0 Å². The quantitative estimate of drug-likeness (QED) is 0.494. The Morgan fingerprint density at radius 2 is 2.33 bits per heavy atom. The Kier molecular flexibility index (Phi) is 3.72. The molecular formula is C14H13N5O3S2. The number of rotatable bonds is 4. The van der Waals surface area contributed by atoms with Gasteiger partial charge >= 0.3 is 5.97 Å². The van der Waals surface area contributed by atoms with Crippen LogP contribution in [0.5, 0.6) is 0 Å². The van der Waals surface area contributed by atoms with Crippen molar-refractivity contribution in [2.45, 2.75) is 23.7 Å². The van der Waals surface area contributed by atoms with Gasteiger partial charge in [-0.15, -0.1) is 16.9 Å². The average molecular weight is 363 g/mol. The maximum Gasteiger partial charge on any atom is 0.375 e. The van der Waals surface area contributed by atoms with Crippen molar-refractivity contribution in [3.8, 4) is 0 Å². The molecule has 2 aromatic heterocycles. The Bertz CT molecular complexity index is 894. The van der Waals surface area contributed by atoms with Crippen molar-refractivity contribution in [1.29, 1.82) is 0 Å². The molecule has 10 heteroatoms. The van der Waals surface area contributed by atoms with Gasteiger partial charge in [-0.3, -0.25) is 4.79 Å². The van der Waals surface area contributed by atoms with Crippen LogP contribution in [0.3, 0.4) is 0 Å². The summed E-state index contributed by atoms with van der Waals surface area (Å²) in [6.07, 6.45) is 2.68. The highest BCUT2D eigenvalue weighted by Crippen LogP contribution is 2.38. The van der Waals surface area contributed by atoms with Crippen LogP contribution >= 0.6 is 23.5 Å². The van der Waals surface area contributed by atoms with E-state index in [1.54, 1.807) is 11.8 Å². The van der Waals surface area contributed by atoms with E-state index in [9.17, 15) is 9.59 Å². The zero-order chi connectivity index (χ0) is 16.8. The topological polar surface area (TPSA) is 101 Å². The Morgan fingerprint density at radius 1 is 1.50 bits per heavy atom. The number of aromatic nitrogens is 4. The largest absolute Gasteiger partial charge is 0.475 e. The zero-order valence-electron chi connectivity index (χ0n) is 12.7. The Labute approximate surface area is 145 Å². The second-order valence-corrected chi connectivity index (χ2v) is 7.63. The Hall–Kier alpha value is -2.07. The molecule has 0 radical (unpaired) electrons. The van der Waals surface area contributed by atoms with Gasteiger partial charge in [-0.25, -0.2) is 9.78 Å². The number of nitrogens with zero attached hydrogens (tertiary/aromatic N) is 5. The molecule has 1 N–H and O–H groups in total. The highest BCUT2D eigenvalue weighted by molar-refractivity contribution is 8.00. The molecule has 0 aromatic carbocycles. The fourth-order valence-corrected chi connectivity index (χ4v) is 4.87. The van der Waals surface area contributed by atoms with Crippen molar-refractivity contribution in [3.05, 3.63) is 29.4 Å². The molecule has 4 heterocycles. The van der Waals surface area contributed by atoms with E-state index in [1.165, 1.54) is 16.3 Å². The minimum atomic E-state index is -1.19. The molecule has 0 spiro atoms. The van der Waals surface area contributed by atoms with Gasteiger partial charge in [0.15, 0.2) is 0 Å². The van der Waals surface area contributed by atoms with Gasteiger partial charge in [0, 0.05) is 22.9 Å². The first-order chi connectivity index (χ1) is 11.5. The molecule has 2 aliphatic heterocycles. The summed E-state index contributed by atoms with van der Waals surface area (Å²) in [4.78, 5) is 32.8. The first-order valence-electron chi connectivity index (χ1n) is 7.26. The zero-order valence-corrected chi connectivity index (χ0v) is 14.3. The van der Waals surface area contributed by atoms with Gasteiger partial charge < -0.3 is 10.0 Å². The molecule has 124 valence electrons. The second-order valence-electron chi connectivity index (χ2n) is 5.43. The number of amides is 1. The van der Waals surface area contributed by atoms with Crippen LogP contribution in [0.2, 0.25) is 0 Å². The maximum absolute atomic E-state index is 11.8. The molecule has 2 aromatic rings. The van der Waals surface area contributed by atoms with Crippen molar-refractivity contribution in [2.75, 3.05) is 11.5 Å². The maximum atomic E-state index is 11.8. The molecule has 2 aliphatic rings.